The molecule has 0 bridgehead atoms. The summed E-state index contributed by atoms with van der Waals surface area (Å²) in [6.45, 7) is 2.33. The van der Waals surface area contributed by atoms with Crippen LogP contribution >= 0.6 is 0 Å². The first-order valence-corrected chi connectivity index (χ1v) is 7.85. The van der Waals surface area contributed by atoms with E-state index in [4.69, 9.17) is 15.2 Å². The molecular weight excluding hydrogens is 316 g/mol. The van der Waals surface area contributed by atoms with Gasteiger partial charge in [-0.1, -0.05) is 24.3 Å². The summed E-state index contributed by atoms with van der Waals surface area (Å²) in [5.74, 6) is 1.94. The molecule has 3 aromatic rings. The second kappa shape index (κ2) is 7.53. The second-order valence-corrected chi connectivity index (χ2v) is 5.54. The quantitative estimate of drug-likeness (QED) is 0.701. The number of rotatable bonds is 6. The van der Waals surface area contributed by atoms with Crippen LogP contribution in [0.1, 0.15) is 16.8 Å². The van der Waals surface area contributed by atoms with Crippen molar-refractivity contribution in [3.8, 4) is 11.5 Å². The number of nitrogens with zero attached hydrogens (tertiary/aromatic N) is 3. The molecule has 128 valence electrons. The number of hydrogen-bond donors (Lipinski definition) is 1. The molecule has 0 aliphatic carbocycles. The van der Waals surface area contributed by atoms with Gasteiger partial charge >= 0.3 is 0 Å². The zero-order valence-electron chi connectivity index (χ0n) is 14.2. The van der Waals surface area contributed by atoms with E-state index in [1.165, 1.54) is 0 Å². The maximum Gasteiger partial charge on any atom is 0.221 e. The lowest BCUT2D eigenvalue weighted by molar-refractivity contribution is 0.305. The first kappa shape index (κ1) is 16.6. The van der Waals surface area contributed by atoms with Crippen LogP contribution in [-0.4, -0.2) is 23.0 Å². The molecule has 0 saturated carbocycles. The van der Waals surface area contributed by atoms with Crippen LogP contribution in [0.4, 0.5) is 5.95 Å². The molecule has 0 atom stereocenters. The number of methoxy groups -OCH3 is 1. The zero-order valence-corrected chi connectivity index (χ0v) is 14.2. The molecule has 25 heavy (non-hydrogen) atoms. The molecule has 0 unspecified atom stereocenters. The van der Waals surface area contributed by atoms with Gasteiger partial charge in [0, 0.05) is 0 Å². The van der Waals surface area contributed by atoms with Crippen molar-refractivity contribution in [2.24, 2.45) is 5.10 Å². The van der Waals surface area contributed by atoms with E-state index in [2.05, 4.69) is 10.1 Å². The third-order valence-corrected chi connectivity index (χ3v) is 3.56. The van der Waals surface area contributed by atoms with Crippen molar-refractivity contribution in [1.82, 2.24) is 9.66 Å². The Balaban J connectivity index is 1.67. The number of hydrogen-bond acceptors (Lipinski definition) is 5. The molecule has 0 spiro atoms. The fraction of sp³-hybridized carbons (Fsp3) is 0.158. The average molecular weight is 336 g/mol. The lowest BCUT2D eigenvalue weighted by atomic mass is 10.2. The number of nitrogen functional groups attached to an aromatic ring is 1. The second-order valence-electron chi connectivity index (χ2n) is 5.54. The van der Waals surface area contributed by atoms with Crippen molar-refractivity contribution in [1.29, 1.82) is 0 Å². The van der Waals surface area contributed by atoms with Gasteiger partial charge in [-0.15, -0.1) is 0 Å². The average Bonchev–Trinajstić information content (AvgIpc) is 2.96. The summed E-state index contributed by atoms with van der Waals surface area (Å²) in [6, 6.07) is 15.5. The first-order valence-electron chi connectivity index (χ1n) is 7.85. The van der Waals surface area contributed by atoms with Crippen molar-refractivity contribution in [3.63, 3.8) is 0 Å². The summed E-state index contributed by atoms with van der Waals surface area (Å²) >= 11 is 0. The minimum absolute atomic E-state index is 0.360. The van der Waals surface area contributed by atoms with Crippen LogP contribution in [0.2, 0.25) is 0 Å². The number of nitrogens with two attached hydrogens (primary N) is 1. The Hall–Kier alpha value is -3.28. The van der Waals surface area contributed by atoms with Crippen LogP contribution in [0, 0.1) is 6.92 Å². The highest BCUT2D eigenvalue weighted by atomic mass is 16.5. The number of imidazole rings is 1. The molecule has 6 nitrogen and oxygen atoms in total. The summed E-state index contributed by atoms with van der Waals surface area (Å²) in [5, 5.41) is 4.31. The van der Waals surface area contributed by atoms with Crippen LogP contribution in [0.5, 0.6) is 11.5 Å². The Bertz CT molecular complexity index is 887. The molecule has 1 heterocycles. The summed E-state index contributed by atoms with van der Waals surface area (Å²) in [7, 11) is 1.65. The van der Waals surface area contributed by atoms with E-state index in [0.717, 1.165) is 28.3 Å². The van der Waals surface area contributed by atoms with Gasteiger partial charge in [0.2, 0.25) is 5.95 Å². The molecule has 6 heteroatoms. The largest absolute Gasteiger partial charge is 0.497 e. The predicted molar refractivity (Wildman–Crippen MR) is 98.1 cm³/mol. The third kappa shape index (κ3) is 4.38. The van der Waals surface area contributed by atoms with Crippen molar-refractivity contribution in [2.45, 2.75) is 13.5 Å². The van der Waals surface area contributed by atoms with E-state index in [9.17, 15) is 0 Å². The van der Waals surface area contributed by atoms with Crippen molar-refractivity contribution in [2.75, 3.05) is 12.8 Å². The molecule has 0 saturated heterocycles. The molecular formula is C19H20N4O2. The van der Waals surface area contributed by atoms with Gasteiger partial charge in [0.05, 0.1) is 25.2 Å². The Morgan fingerprint density at radius 3 is 2.72 bits per heavy atom. The fourth-order valence-corrected chi connectivity index (χ4v) is 2.34. The lowest BCUT2D eigenvalue weighted by Gasteiger charge is -2.08. The molecule has 2 aromatic carbocycles. The molecule has 3 rings (SSSR count). The number of anilines is 1. The Kier molecular flexibility index (Phi) is 4.99. The van der Waals surface area contributed by atoms with Crippen LogP contribution in [0.15, 0.2) is 59.8 Å². The van der Waals surface area contributed by atoms with Crippen LogP contribution < -0.4 is 15.2 Å². The normalized spacial score (nSPS) is 11.0. The highest BCUT2D eigenvalue weighted by Crippen LogP contribution is 2.17. The topological polar surface area (TPSA) is 74.7 Å². The molecule has 0 aliphatic heterocycles. The Morgan fingerprint density at radius 2 is 1.96 bits per heavy atom. The van der Waals surface area contributed by atoms with E-state index in [0.29, 0.717) is 12.6 Å². The van der Waals surface area contributed by atoms with Gasteiger partial charge in [0.25, 0.3) is 0 Å². The van der Waals surface area contributed by atoms with E-state index in [-0.39, 0.29) is 0 Å². The monoisotopic (exact) mass is 336 g/mol. The van der Waals surface area contributed by atoms with Crippen LogP contribution in [-0.2, 0) is 6.61 Å². The zero-order chi connectivity index (χ0) is 17.6. The lowest BCUT2D eigenvalue weighted by Crippen LogP contribution is -1.98. The fourth-order valence-electron chi connectivity index (χ4n) is 2.34. The molecule has 0 fully saturated rings. The summed E-state index contributed by atoms with van der Waals surface area (Å²) < 4.78 is 12.6. The SMILES string of the molecule is COc1cccc(COc2cccc(C=Nn3cc(C)nc3N)c2)c1. The van der Waals surface area contributed by atoms with Gasteiger partial charge < -0.3 is 15.2 Å². The minimum atomic E-state index is 0.360. The smallest absolute Gasteiger partial charge is 0.221 e. The predicted octanol–water partition coefficient (Wildman–Crippen LogP) is 3.24. The van der Waals surface area contributed by atoms with Gasteiger partial charge in [0.1, 0.15) is 18.1 Å². The number of benzene rings is 2. The van der Waals surface area contributed by atoms with Gasteiger partial charge in [-0.25, -0.2) is 9.66 Å². The molecule has 1 aromatic heterocycles. The number of aryl methyl sites for hydroxylation is 1. The van der Waals surface area contributed by atoms with Gasteiger partial charge in [-0.2, -0.15) is 5.10 Å². The molecule has 0 aliphatic rings. The maximum atomic E-state index is 5.85. The van der Waals surface area contributed by atoms with E-state index < -0.39 is 0 Å². The number of aromatic nitrogens is 2. The highest BCUT2D eigenvalue weighted by molar-refractivity contribution is 5.80. The van der Waals surface area contributed by atoms with Gasteiger partial charge in [0.15, 0.2) is 0 Å². The standard InChI is InChI=1S/C19H20N4O2/c1-14-12-23(19(20)22-14)21-11-15-5-3-8-18(9-15)25-13-16-6-4-7-17(10-16)24-2/h3-12H,13H2,1-2H3,(H2,20,22). The molecule has 0 amide bonds. The highest BCUT2D eigenvalue weighted by Gasteiger charge is 2.01. The Labute approximate surface area is 146 Å². The summed E-state index contributed by atoms with van der Waals surface area (Å²) in [5.41, 5.74) is 8.55. The Morgan fingerprint density at radius 1 is 1.16 bits per heavy atom. The van der Waals surface area contributed by atoms with Gasteiger partial charge in [-0.05, 0) is 42.3 Å². The van der Waals surface area contributed by atoms with Crippen molar-refractivity contribution >= 4 is 12.2 Å². The molecule has 2 N–H and O–H groups in total. The van der Waals surface area contributed by atoms with Crippen LogP contribution in [0.3, 0.4) is 0 Å². The van der Waals surface area contributed by atoms with E-state index in [1.807, 2.05) is 55.5 Å². The third-order valence-electron chi connectivity index (χ3n) is 3.56. The van der Waals surface area contributed by atoms with Gasteiger partial charge in [-0.3, -0.25) is 0 Å². The maximum absolute atomic E-state index is 5.85. The summed E-state index contributed by atoms with van der Waals surface area (Å²) in [6.07, 6.45) is 3.49. The number of ether oxygens (including phenoxy) is 2. The first-order chi connectivity index (χ1) is 12.1. The summed E-state index contributed by atoms with van der Waals surface area (Å²) in [4.78, 5) is 4.11. The molecule has 0 radical (unpaired) electrons. The van der Waals surface area contributed by atoms with Crippen molar-refractivity contribution < 1.29 is 9.47 Å². The van der Waals surface area contributed by atoms with Crippen LogP contribution in [0.25, 0.3) is 0 Å². The van der Waals surface area contributed by atoms with E-state index in [1.54, 1.807) is 24.2 Å². The minimum Gasteiger partial charge on any atom is -0.497 e. The van der Waals surface area contributed by atoms with Crippen molar-refractivity contribution in [3.05, 3.63) is 71.5 Å². The van der Waals surface area contributed by atoms with E-state index >= 15 is 0 Å².